The highest BCUT2D eigenvalue weighted by Gasteiger charge is 2.36. The van der Waals surface area contributed by atoms with Crippen LogP contribution in [0.5, 0.6) is 0 Å². The first-order valence-electron chi connectivity index (χ1n) is 6.39. The van der Waals surface area contributed by atoms with Crippen molar-refractivity contribution in [3.05, 3.63) is 57.1 Å². The van der Waals surface area contributed by atoms with Gasteiger partial charge in [0.1, 0.15) is 5.82 Å². The number of carbonyl (C=O) groups is 1. The lowest BCUT2D eigenvalue weighted by Crippen LogP contribution is -2.19. The molecule has 3 rings (SSSR count). The fourth-order valence-corrected chi connectivity index (χ4v) is 2.15. The first-order chi connectivity index (χ1) is 11.3. The van der Waals surface area contributed by atoms with E-state index in [1.165, 1.54) is 12.1 Å². The van der Waals surface area contributed by atoms with E-state index in [1.807, 2.05) is 0 Å². The molecule has 0 bridgehead atoms. The number of nitrogens with zero attached hydrogens (tertiary/aromatic N) is 3. The average Bonchev–Trinajstić information content (AvgIpc) is 2.91. The molecule has 2 N–H and O–H groups in total. The molecule has 0 saturated carbocycles. The van der Waals surface area contributed by atoms with Gasteiger partial charge >= 0.3 is 6.18 Å². The number of fused-ring (bicyclic) bond motifs is 1. The van der Waals surface area contributed by atoms with E-state index in [0.717, 1.165) is 6.07 Å². The van der Waals surface area contributed by atoms with Gasteiger partial charge in [0.2, 0.25) is 5.78 Å². The third-order valence-corrected chi connectivity index (χ3v) is 3.28. The largest absolute Gasteiger partial charge is 0.453 e. The van der Waals surface area contributed by atoms with Gasteiger partial charge in [-0.2, -0.15) is 22.7 Å². The van der Waals surface area contributed by atoms with Gasteiger partial charge in [-0.25, -0.2) is 0 Å². The van der Waals surface area contributed by atoms with Crippen LogP contribution in [0.15, 0.2) is 35.1 Å². The van der Waals surface area contributed by atoms with Crippen molar-refractivity contribution in [1.29, 1.82) is 0 Å². The monoisotopic (exact) mass is 357 g/mol. The summed E-state index contributed by atoms with van der Waals surface area (Å²) in [4.78, 5) is 29.1. The summed E-state index contributed by atoms with van der Waals surface area (Å²) in [6.07, 6.45) is -4.80. The van der Waals surface area contributed by atoms with E-state index in [9.17, 15) is 22.8 Å². The van der Waals surface area contributed by atoms with Crippen LogP contribution >= 0.6 is 11.6 Å². The molecule has 0 aliphatic heterocycles. The zero-order valence-corrected chi connectivity index (χ0v) is 12.3. The van der Waals surface area contributed by atoms with E-state index < -0.39 is 29.2 Å². The molecule has 0 atom stereocenters. The maximum atomic E-state index is 12.7. The second-order valence-electron chi connectivity index (χ2n) is 4.62. The first kappa shape index (κ1) is 16.0. The molecular formula is C13H7ClF3N5O2. The van der Waals surface area contributed by atoms with Crippen molar-refractivity contribution in [2.24, 2.45) is 0 Å². The van der Waals surface area contributed by atoms with Crippen LogP contribution < -0.4 is 10.9 Å². The Hall–Kier alpha value is -2.88. The lowest BCUT2D eigenvalue weighted by Gasteiger charge is -2.07. The SMILES string of the molecule is O=C(Nc1cc(=O)[nH]c2nc(C(F)(F)F)nn12)c1ccccc1Cl. The highest BCUT2D eigenvalue weighted by molar-refractivity contribution is 6.34. The Labute approximate surface area is 136 Å². The molecule has 0 unspecified atom stereocenters. The summed E-state index contributed by atoms with van der Waals surface area (Å²) in [5, 5.41) is 5.70. The number of aromatic nitrogens is 4. The van der Waals surface area contributed by atoms with Gasteiger partial charge in [0.05, 0.1) is 10.6 Å². The topological polar surface area (TPSA) is 92.1 Å². The fraction of sp³-hybridized carbons (Fsp3) is 0.0769. The van der Waals surface area contributed by atoms with E-state index in [4.69, 9.17) is 11.6 Å². The molecule has 0 fully saturated rings. The molecule has 2 heterocycles. The Morgan fingerprint density at radius 1 is 1.29 bits per heavy atom. The van der Waals surface area contributed by atoms with E-state index in [-0.39, 0.29) is 16.4 Å². The minimum absolute atomic E-state index is 0.0868. The highest BCUT2D eigenvalue weighted by atomic mass is 35.5. The molecule has 2 aromatic heterocycles. The van der Waals surface area contributed by atoms with Gasteiger partial charge in [-0.3, -0.25) is 14.6 Å². The number of rotatable bonds is 2. The molecule has 7 nitrogen and oxygen atoms in total. The summed E-state index contributed by atoms with van der Waals surface area (Å²) in [7, 11) is 0. The van der Waals surface area contributed by atoms with E-state index in [1.54, 1.807) is 12.1 Å². The predicted molar refractivity (Wildman–Crippen MR) is 78.0 cm³/mol. The minimum Gasteiger partial charge on any atom is -0.306 e. The summed E-state index contributed by atoms with van der Waals surface area (Å²) in [6, 6.07) is 6.95. The van der Waals surface area contributed by atoms with Crippen LogP contribution in [-0.4, -0.2) is 25.5 Å². The average molecular weight is 358 g/mol. The molecule has 11 heteroatoms. The van der Waals surface area contributed by atoms with Gasteiger partial charge in [-0.1, -0.05) is 23.7 Å². The number of halogens is 4. The van der Waals surface area contributed by atoms with Crippen molar-refractivity contribution in [1.82, 2.24) is 19.6 Å². The van der Waals surface area contributed by atoms with Gasteiger partial charge in [-0.05, 0) is 12.1 Å². The molecule has 0 aliphatic rings. The standard InChI is InChI=1S/C13H7ClF3N5O2/c14-7-4-2-1-3-6(7)10(24)18-8-5-9(23)19-12-20-11(13(15,16)17)21-22(8)12/h1-5H,(H,18,24)(H,19,20,21,23). The number of carbonyl (C=O) groups excluding carboxylic acids is 1. The van der Waals surface area contributed by atoms with Crippen molar-refractivity contribution in [2.45, 2.75) is 6.18 Å². The minimum atomic E-state index is -4.80. The molecule has 0 radical (unpaired) electrons. The quantitative estimate of drug-likeness (QED) is 0.736. The van der Waals surface area contributed by atoms with Crippen LogP contribution in [0.3, 0.4) is 0 Å². The third kappa shape index (κ3) is 2.95. The van der Waals surface area contributed by atoms with Gasteiger partial charge in [0, 0.05) is 6.07 Å². The molecule has 1 aromatic carbocycles. The zero-order chi connectivity index (χ0) is 17.5. The molecule has 0 spiro atoms. The van der Waals surface area contributed by atoms with E-state index in [2.05, 4.69) is 20.4 Å². The number of hydrogen-bond donors (Lipinski definition) is 2. The Kier molecular flexibility index (Phi) is 3.76. The zero-order valence-electron chi connectivity index (χ0n) is 11.6. The molecule has 124 valence electrons. The number of nitrogens with one attached hydrogen (secondary N) is 2. The fourth-order valence-electron chi connectivity index (χ4n) is 1.93. The van der Waals surface area contributed by atoms with Gasteiger partial charge in [-0.15, -0.1) is 5.10 Å². The Bertz CT molecular complexity index is 995. The first-order valence-corrected chi connectivity index (χ1v) is 6.76. The van der Waals surface area contributed by atoms with Crippen LogP contribution in [0.2, 0.25) is 5.02 Å². The van der Waals surface area contributed by atoms with Crippen LogP contribution in [0.25, 0.3) is 5.78 Å². The van der Waals surface area contributed by atoms with Crippen molar-refractivity contribution >= 4 is 29.1 Å². The maximum Gasteiger partial charge on any atom is 0.453 e. The van der Waals surface area contributed by atoms with Crippen LogP contribution in [0, 0.1) is 0 Å². The number of aromatic amines is 1. The highest BCUT2D eigenvalue weighted by Crippen LogP contribution is 2.26. The molecule has 3 aromatic rings. The van der Waals surface area contributed by atoms with E-state index in [0.29, 0.717) is 4.52 Å². The van der Waals surface area contributed by atoms with Gasteiger partial charge < -0.3 is 5.32 Å². The molecular weight excluding hydrogens is 351 g/mol. The number of H-pyrrole nitrogens is 1. The second-order valence-corrected chi connectivity index (χ2v) is 5.03. The van der Waals surface area contributed by atoms with Crippen LogP contribution in [0.1, 0.15) is 16.2 Å². The van der Waals surface area contributed by atoms with Crippen molar-refractivity contribution in [3.63, 3.8) is 0 Å². The number of benzene rings is 1. The molecule has 0 aliphatic carbocycles. The normalized spacial score (nSPS) is 11.7. The smallest absolute Gasteiger partial charge is 0.306 e. The Balaban J connectivity index is 2.06. The van der Waals surface area contributed by atoms with Crippen LogP contribution in [0.4, 0.5) is 19.0 Å². The summed E-state index contributed by atoms with van der Waals surface area (Å²) in [6.45, 7) is 0. The third-order valence-electron chi connectivity index (χ3n) is 2.95. The molecule has 1 amide bonds. The molecule has 0 saturated heterocycles. The lowest BCUT2D eigenvalue weighted by molar-refractivity contribution is -0.144. The van der Waals surface area contributed by atoms with E-state index >= 15 is 0 Å². The van der Waals surface area contributed by atoms with Gasteiger partial charge in [0.15, 0.2) is 0 Å². The number of amides is 1. The number of hydrogen-bond acceptors (Lipinski definition) is 4. The molecule has 24 heavy (non-hydrogen) atoms. The van der Waals surface area contributed by atoms with Gasteiger partial charge in [0.25, 0.3) is 17.3 Å². The van der Waals surface area contributed by atoms with Crippen LogP contribution in [-0.2, 0) is 6.18 Å². The van der Waals surface area contributed by atoms with Crippen molar-refractivity contribution in [3.8, 4) is 0 Å². The Morgan fingerprint density at radius 2 is 2.00 bits per heavy atom. The summed E-state index contributed by atoms with van der Waals surface area (Å²) < 4.78 is 38.8. The van der Waals surface area contributed by atoms with Crippen molar-refractivity contribution < 1.29 is 18.0 Å². The summed E-state index contributed by atoms with van der Waals surface area (Å²) >= 11 is 5.89. The second kappa shape index (κ2) is 5.64. The predicted octanol–water partition coefficient (Wildman–Crippen LogP) is 2.34. The summed E-state index contributed by atoms with van der Waals surface area (Å²) in [5.41, 5.74) is -0.665. The number of alkyl halides is 3. The summed E-state index contributed by atoms with van der Waals surface area (Å²) in [5.74, 6) is -2.89. The van der Waals surface area contributed by atoms with Crippen molar-refractivity contribution in [2.75, 3.05) is 5.32 Å². The number of anilines is 1. The maximum absolute atomic E-state index is 12.7. The lowest BCUT2D eigenvalue weighted by atomic mass is 10.2. The Morgan fingerprint density at radius 3 is 2.67 bits per heavy atom.